The van der Waals surface area contributed by atoms with Gasteiger partial charge >= 0.3 is 0 Å². The molecule has 25 heavy (non-hydrogen) atoms. The van der Waals surface area contributed by atoms with Crippen molar-refractivity contribution in [1.82, 2.24) is 24.8 Å². The van der Waals surface area contributed by atoms with Gasteiger partial charge in [-0.05, 0) is 43.7 Å². The van der Waals surface area contributed by atoms with E-state index in [1.165, 1.54) is 0 Å². The number of rotatable bonds is 5. The summed E-state index contributed by atoms with van der Waals surface area (Å²) in [6.45, 7) is 1.80. The van der Waals surface area contributed by atoms with Crippen LogP contribution in [0.15, 0.2) is 49.1 Å². The topological polar surface area (TPSA) is 66.9 Å². The lowest BCUT2D eigenvalue weighted by Gasteiger charge is -2.22. The molecular weight excluding hydrogens is 338 g/mol. The quantitative estimate of drug-likeness (QED) is 0.749. The highest BCUT2D eigenvalue weighted by atomic mass is 35.5. The summed E-state index contributed by atoms with van der Waals surface area (Å²) in [6, 6.07) is 7.43. The second kappa shape index (κ2) is 7.21. The Kier molecular flexibility index (Phi) is 4.63. The van der Waals surface area contributed by atoms with Crippen LogP contribution in [0, 0.1) is 0 Å². The molecule has 0 spiro atoms. The highest BCUT2D eigenvalue weighted by molar-refractivity contribution is 6.30. The Balaban J connectivity index is 1.51. The molecule has 1 saturated heterocycles. The van der Waals surface area contributed by atoms with E-state index in [9.17, 15) is 0 Å². The molecule has 0 saturated carbocycles. The number of hydrogen-bond donors (Lipinski definition) is 1. The van der Waals surface area contributed by atoms with Crippen molar-refractivity contribution in [2.45, 2.75) is 25.4 Å². The van der Waals surface area contributed by atoms with Gasteiger partial charge in [0, 0.05) is 17.4 Å². The summed E-state index contributed by atoms with van der Waals surface area (Å²) in [5.74, 6) is 2.15. The normalized spacial score (nSPS) is 17.7. The zero-order valence-electron chi connectivity index (χ0n) is 13.6. The Labute approximate surface area is 150 Å². The van der Waals surface area contributed by atoms with E-state index in [0.717, 1.165) is 37.4 Å². The number of H-pyrrole nitrogens is 1. The van der Waals surface area contributed by atoms with Crippen LogP contribution in [0.2, 0.25) is 5.02 Å². The summed E-state index contributed by atoms with van der Waals surface area (Å²) in [5, 5.41) is 0.673. The number of likely N-dealkylation sites (tertiary alicyclic amines) is 1. The van der Waals surface area contributed by atoms with Gasteiger partial charge in [0.2, 0.25) is 5.88 Å². The van der Waals surface area contributed by atoms with Gasteiger partial charge < -0.3 is 9.72 Å². The maximum Gasteiger partial charge on any atom is 0.238 e. The molecule has 128 valence electrons. The average molecular weight is 356 g/mol. The minimum atomic E-state index is 0.228. The van der Waals surface area contributed by atoms with Gasteiger partial charge in [0.15, 0.2) is 0 Å². The molecule has 6 nitrogen and oxygen atoms in total. The Morgan fingerprint density at radius 3 is 2.92 bits per heavy atom. The fourth-order valence-corrected chi connectivity index (χ4v) is 3.25. The SMILES string of the molecule is Clc1ccc(Oc2cncc(C3CCCN3Cc3ncc[nH]3)n2)cc1. The number of aromatic amines is 1. The summed E-state index contributed by atoms with van der Waals surface area (Å²) in [4.78, 5) is 18.8. The van der Waals surface area contributed by atoms with Gasteiger partial charge in [-0.2, -0.15) is 0 Å². The van der Waals surface area contributed by atoms with Crippen LogP contribution in [0.5, 0.6) is 11.6 Å². The number of aromatic nitrogens is 4. The fourth-order valence-electron chi connectivity index (χ4n) is 3.12. The molecule has 1 N–H and O–H groups in total. The second-order valence-electron chi connectivity index (χ2n) is 6.00. The van der Waals surface area contributed by atoms with Crippen molar-refractivity contribution in [3.63, 3.8) is 0 Å². The fraction of sp³-hybridized carbons (Fsp3) is 0.278. The van der Waals surface area contributed by atoms with Gasteiger partial charge in [0.25, 0.3) is 0 Å². The average Bonchev–Trinajstić information content (AvgIpc) is 3.30. The smallest absolute Gasteiger partial charge is 0.238 e. The predicted molar refractivity (Wildman–Crippen MR) is 94.5 cm³/mol. The third kappa shape index (κ3) is 3.81. The summed E-state index contributed by atoms with van der Waals surface area (Å²) in [6.07, 6.45) is 9.26. The summed E-state index contributed by atoms with van der Waals surface area (Å²) in [7, 11) is 0. The summed E-state index contributed by atoms with van der Waals surface area (Å²) in [5.41, 5.74) is 0.926. The van der Waals surface area contributed by atoms with Crippen molar-refractivity contribution in [2.75, 3.05) is 6.54 Å². The summed E-state index contributed by atoms with van der Waals surface area (Å²) >= 11 is 5.90. The highest BCUT2D eigenvalue weighted by Gasteiger charge is 2.28. The minimum absolute atomic E-state index is 0.228. The van der Waals surface area contributed by atoms with E-state index in [-0.39, 0.29) is 6.04 Å². The van der Waals surface area contributed by atoms with Gasteiger partial charge in [0.1, 0.15) is 11.6 Å². The largest absolute Gasteiger partial charge is 0.437 e. The molecule has 3 aromatic rings. The number of hydrogen-bond acceptors (Lipinski definition) is 5. The van der Waals surface area contributed by atoms with Gasteiger partial charge in [0.05, 0.1) is 30.7 Å². The first-order valence-electron chi connectivity index (χ1n) is 8.25. The molecule has 2 aromatic heterocycles. The van der Waals surface area contributed by atoms with Gasteiger partial charge in [-0.3, -0.25) is 9.88 Å². The molecule has 1 aromatic carbocycles. The third-order valence-corrected chi connectivity index (χ3v) is 4.53. The van der Waals surface area contributed by atoms with Crippen molar-refractivity contribution in [3.8, 4) is 11.6 Å². The first kappa shape index (κ1) is 16.1. The number of nitrogens with zero attached hydrogens (tertiary/aromatic N) is 4. The van der Waals surface area contributed by atoms with E-state index in [4.69, 9.17) is 16.3 Å². The number of halogens is 1. The van der Waals surface area contributed by atoms with E-state index in [1.54, 1.807) is 24.5 Å². The third-order valence-electron chi connectivity index (χ3n) is 4.28. The van der Waals surface area contributed by atoms with Crippen LogP contribution in [-0.4, -0.2) is 31.4 Å². The van der Waals surface area contributed by atoms with Crippen molar-refractivity contribution < 1.29 is 4.74 Å². The van der Waals surface area contributed by atoms with Crippen LogP contribution >= 0.6 is 11.6 Å². The standard InChI is InChI=1S/C18H18ClN5O/c19-13-3-5-14(6-4-13)25-18-11-20-10-15(23-18)16-2-1-9-24(16)12-17-21-7-8-22-17/h3-8,10-11,16H,1-2,9,12H2,(H,21,22). The van der Waals surface area contributed by atoms with E-state index < -0.39 is 0 Å². The van der Waals surface area contributed by atoms with Gasteiger partial charge in [-0.15, -0.1) is 0 Å². The number of nitrogens with one attached hydrogen (secondary N) is 1. The molecule has 1 unspecified atom stereocenters. The lowest BCUT2D eigenvalue weighted by Crippen LogP contribution is -2.24. The van der Waals surface area contributed by atoms with E-state index in [2.05, 4.69) is 24.8 Å². The molecule has 1 aliphatic rings. The zero-order chi connectivity index (χ0) is 17.1. The van der Waals surface area contributed by atoms with E-state index in [1.807, 2.05) is 24.5 Å². The Morgan fingerprint density at radius 2 is 2.12 bits per heavy atom. The number of ether oxygens (including phenoxy) is 1. The van der Waals surface area contributed by atoms with Gasteiger partial charge in [-0.25, -0.2) is 9.97 Å². The molecule has 1 atom stereocenters. The molecule has 3 heterocycles. The molecule has 0 amide bonds. The minimum Gasteiger partial charge on any atom is -0.437 e. The maximum absolute atomic E-state index is 5.90. The molecule has 0 radical (unpaired) electrons. The van der Waals surface area contributed by atoms with Crippen molar-refractivity contribution in [1.29, 1.82) is 0 Å². The first-order valence-corrected chi connectivity index (χ1v) is 8.63. The Morgan fingerprint density at radius 1 is 1.24 bits per heavy atom. The molecular formula is C18H18ClN5O. The maximum atomic E-state index is 5.90. The monoisotopic (exact) mass is 355 g/mol. The number of benzene rings is 1. The van der Waals surface area contributed by atoms with Crippen LogP contribution in [0.25, 0.3) is 0 Å². The summed E-state index contributed by atoms with van der Waals surface area (Å²) < 4.78 is 5.81. The lowest BCUT2D eigenvalue weighted by atomic mass is 10.1. The Bertz CT molecular complexity index is 822. The van der Waals surface area contributed by atoms with E-state index >= 15 is 0 Å². The van der Waals surface area contributed by atoms with Crippen molar-refractivity contribution in [2.24, 2.45) is 0 Å². The molecule has 7 heteroatoms. The molecule has 0 aliphatic carbocycles. The van der Waals surface area contributed by atoms with Crippen molar-refractivity contribution in [3.05, 3.63) is 65.6 Å². The Hall–Kier alpha value is -2.44. The van der Waals surface area contributed by atoms with Crippen molar-refractivity contribution >= 4 is 11.6 Å². The molecule has 1 fully saturated rings. The second-order valence-corrected chi connectivity index (χ2v) is 6.44. The van der Waals surface area contributed by atoms with Crippen LogP contribution in [-0.2, 0) is 6.54 Å². The van der Waals surface area contributed by atoms with Crippen LogP contribution in [0.1, 0.15) is 30.4 Å². The first-order chi connectivity index (χ1) is 12.3. The lowest BCUT2D eigenvalue weighted by molar-refractivity contribution is 0.237. The molecule has 4 rings (SSSR count). The number of imidazole rings is 1. The highest BCUT2D eigenvalue weighted by Crippen LogP contribution is 2.32. The van der Waals surface area contributed by atoms with Gasteiger partial charge in [-0.1, -0.05) is 11.6 Å². The van der Waals surface area contributed by atoms with E-state index in [0.29, 0.717) is 16.7 Å². The van der Waals surface area contributed by atoms with Crippen LogP contribution in [0.3, 0.4) is 0 Å². The predicted octanol–water partition coefficient (Wildman–Crippen LogP) is 3.98. The zero-order valence-corrected chi connectivity index (χ0v) is 14.4. The molecule has 1 aliphatic heterocycles. The molecule has 0 bridgehead atoms. The van der Waals surface area contributed by atoms with Crippen LogP contribution < -0.4 is 4.74 Å². The van der Waals surface area contributed by atoms with Crippen LogP contribution in [0.4, 0.5) is 0 Å².